The van der Waals surface area contributed by atoms with E-state index >= 15 is 0 Å². The van der Waals surface area contributed by atoms with Gasteiger partial charge in [0.15, 0.2) is 0 Å². The van der Waals surface area contributed by atoms with Gasteiger partial charge < -0.3 is 10.0 Å². The number of rotatable bonds is 4. The molecule has 2 aliphatic rings. The topological polar surface area (TPSA) is 49.2 Å². The number of hydrogen-bond donors (Lipinski definition) is 1. The monoisotopic (exact) mass is 275 g/mol. The van der Waals surface area contributed by atoms with E-state index in [4.69, 9.17) is 5.11 Å². The van der Waals surface area contributed by atoms with E-state index in [1.807, 2.05) is 12.4 Å². The van der Waals surface area contributed by atoms with Gasteiger partial charge in [-0.05, 0) is 55.4 Å². The van der Waals surface area contributed by atoms with Gasteiger partial charge in [0, 0.05) is 32.1 Å². The van der Waals surface area contributed by atoms with Crippen LogP contribution in [0.25, 0.3) is 0 Å². The molecule has 1 aromatic rings. The molecule has 0 amide bonds. The summed E-state index contributed by atoms with van der Waals surface area (Å²) in [6.45, 7) is 4.64. The summed E-state index contributed by atoms with van der Waals surface area (Å²) in [5, 5.41) is 9.00. The van der Waals surface area contributed by atoms with Gasteiger partial charge in [0.05, 0.1) is 0 Å². The average molecular weight is 275 g/mol. The van der Waals surface area contributed by atoms with E-state index in [1.54, 1.807) is 0 Å². The summed E-state index contributed by atoms with van der Waals surface area (Å²) in [5.41, 5.74) is 1.77. The Kier molecular flexibility index (Phi) is 3.92. The molecule has 4 heteroatoms. The third kappa shape index (κ3) is 2.66. The Morgan fingerprint density at radius 3 is 2.45 bits per heavy atom. The maximum Gasteiger partial charge on any atom is 0.225 e. The highest BCUT2D eigenvalue weighted by molar-refractivity contribution is 5.31. The number of hydrogen-bond acceptors (Lipinski definition) is 4. The Balaban J connectivity index is 1.53. The van der Waals surface area contributed by atoms with Crippen molar-refractivity contribution in [1.29, 1.82) is 0 Å². The highest BCUT2D eigenvalue weighted by Crippen LogP contribution is 2.53. The van der Waals surface area contributed by atoms with Crippen LogP contribution in [0.5, 0.6) is 0 Å². The quantitative estimate of drug-likeness (QED) is 0.917. The summed E-state index contributed by atoms with van der Waals surface area (Å²) in [5.74, 6) is 1.66. The molecular weight excluding hydrogens is 250 g/mol. The van der Waals surface area contributed by atoms with Crippen LogP contribution in [0.15, 0.2) is 12.4 Å². The number of aliphatic hydroxyl groups is 1. The standard InChI is InChI=1S/C16H25N3O/c1-2-13-11-17-15(18-12-13)19-6-4-16(5-7-19)9-14(10-16)3-8-20/h11-12,14,20H,2-10H2,1H3. The van der Waals surface area contributed by atoms with Gasteiger partial charge in [-0.1, -0.05) is 6.92 Å². The summed E-state index contributed by atoms with van der Waals surface area (Å²) in [6, 6.07) is 0. The van der Waals surface area contributed by atoms with Crippen LogP contribution in [0.4, 0.5) is 5.95 Å². The van der Waals surface area contributed by atoms with Crippen molar-refractivity contribution >= 4 is 5.95 Å². The molecule has 20 heavy (non-hydrogen) atoms. The number of piperidine rings is 1. The Labute approximate surface area is 121 Å². The summed E-state index contributed by atoms with van der Waals surface area (Å²) in [4.78, 5) is 11.3. The van der Waals surface area contributed by atoms with Gasteiger partial charge >= 0.3 is 0 Å². The molecule has 1 spiro atoms. The van der Waals surface area contributed by atoms with Gasteiger partial charge in [-0.3, -0.25) is 0 Å². The molecule has 3 rings (SSSR count). The van der Waals surface area contributed by atoms with Crippen molar-refractivity contribution in [3.05, 3.63) is 18.0 Å². The second-order valence-corrected chi connectivity index (χ2v) is 6.52. The van der Waals surface area contributed by atoms with Gasteiger partial charge in [0.2, 0.25) is 5.95 Å². The number of nitrogens with zero attached hydrogens (tertiary/aromatic N) is 3. The first-order valence-electron chi connectivity index (χ1n) is 7.91. The molecule has 1 aliphatic heterocycles. The fraction of sp³-hybridized carbons (Fsp3) is 0.750. The Hall–Kier alpha value is -1.16. The molecule has 2 heterocycles. The van der Waals surface area contributed by atoms with Crippen LogP contribution < -0.4 is 4.90 Å². The molecule has 0 unspecified atom stereocenters. The Morgan fingerprint density at radius 1 is 1.25 bits per heavy atom. The number of anilines is 1. The molecule has 0 atom stereocenters. The van der Waals surface area contributed by atoms with Crippen molar-refractivity contribution in [1.82, 2.24) is 9.97 Å². The lowest BCUT2D eigenvalue weighted by atomic mass is 9.57. The highest BCUT2D eigenvalue weighted by atomic mass is 16.3. The molecule has 110 valence electrons. The van der Waals surface area contributed by atoms with Crippen molar-refractivity contribution in [2.24, 2.45) is 11.3 Å². The first-order chi connectivity index (χ1) is 9.74. The highest BCUT2D eigenvalue weighted by Gasteiger charge is 2.45. The molecule has 1 saturated heterocycles. The fourth-order valence-corrected chi connectivity index (χ4v) is 3.83. The molecule has 4 nitrogen and oxygen atoms in total. The van der Waals surface area contributed by atoms with Crippen molar-refractivity contribution in [2.45, 2.75) is 45.4 Å². The normalized spacial score (nSPS) is 22.0. The zero-order valence-electron chi connectivity index (χ0n) is 12.4. The molecule has 0 aromatic carbocycles. The molecule has 1 N–H and O–H groups in total. The zero-order valence-corrected chi connectivity index (χ0v) is 12.4. The number of aliphatic hydroxyl groups excluding tert-OH is 1. The zero-order chi connectivity index (χ0) is 14.0. The molecule has 0 bridgehead atoms. The van der Waals surface area contributed by atoms with Crippen molar-refractivity contribution in [2.75, 3.05) is 24.6 Å². The summed E-state index contributed by atoms with van der Waals surface area (Å²) in [7, 11) is 0. The van der Waals surface area contributed by atoms with Gasteiger partial charge in [-0.2, -0.15) is 0 Å². The van der Waals surface area contributed by atoms with Crippen molar-refractivity contribution in [3.63, 3.8) is 0 Å². The van der Waals surface area contributed by atoms with E-state index < -0.39 is 0 Å². The second-order valence-electron chi connectivity index (χ2n) is 6.52. The second kappa shape index (κ2) is 5.68. The van der Waals surface area contributed by atoms with Gasteiger partial charge in [0.25, 0.3) is 0 Å². The minimum atomic E-state index is 0.352. The van der Waals surface area contributed by atoms with E-state index in [-0.39, 0.29) is 0 Å². The van der Waals surface area contributed by atoms with Gasteiger partial charge in [0.1, 0.15) is 0 Å². The number of aryl methyl sites for hydroxylation is 1. The fourth-order valence-electron chi connectivity index (χ4n) is 3.83. The van der Waals surface area contributed by atoms with Crippen LogP contribution >= 0.6 is 0 Å². The predicted molar refractivity (Wildman–Crippen MR) is 79.7 cm³/mol. The van der Waals surface area contributed by atoms with Crippen LogP contribution in [-0.4, -0.2) is 34.8 Å². The predicted octanol–water partition coefficient (Wildman–Crippen LogP) is 2.42. The van der Waals surface area contributed by atoms with E-state index in [0.29, 0.717) is 12.0 Å². The van der Waals surface area contributed by atoms with Crippen molar-refractivity contribution in [3.8, 4) is 0 Å². The molecular formula is C16H25N3O. The number of aromatic nitrogens is 2. The van der Waals surface area contributed by atoms with Crippen LogP contribution in [0.2, 0.25) is 0 Å². The minimum absolute atomic E-state index is 0.352. The Morgan fingerprint density at radius 2 is 1.90 bits per heavy atom. The van der Waals surface area contributed by atoms with E-state index in [0.717, 1.165) is 37.8 Å². The molecule has 0 radical (unpaired) electrons. The minimum Gasteiger partial charge on any atom is -0.396 e. The summed E-state index contributed by atoms with van der Waals surface area (Å²) < 4.78 is 0. The maximum atomic E-state index is 9.00. The lowest BCUT2D eigenvalue weighted by molar-refractivity contribution is 0.0149. The van der Waals surface area contributed by atoms with Crippen molar-refractivity contribution < 1.29 is 5.11 Å². The molecule has 1 aliphatic carbocycles. The van der Waals surface area contributed by atoms with Gasteiger partial charge in [-0.25, -0.2) is 9.97 Å². The maximum absolute atomic E-state index is 9.00. The van der Waals surface area contributed by atoms with E-state index in [2.05, 4.69) is 21.8 Å². The van der Waals surface area contributed by atoms with E-state index in [9.17, 15) is 0 Å². The molecule has 2 fully saturated rings. The Bertz CT molecular complexity index is 430. The summed E-state index contributed by atoms with van der Waals surface area (Å²) >= 11 is 0. The third-order valence-electron chi connectivity index (χ3n) is 5.19. The smallest absolute Gasteiger partial charge is 0.225 e. The van der Waals surface area contributed by atoms with Gasteiger partial charge in [-0.15, -0.1) is 0 Å². The average Bonchev–Trinajstić information content (AvgIpc) is 2.47. The molecule has 1 saturated carbocycles. The largest absolute Gasteiger partial charge is 0.396 e. The SMILES string of the molecule is CCc1cnc(N2CCC3(CC2)CC(CCO)C3)nc1. The van der Waals surface area contributed by atoms with Crippen LogP contribution in [0.1, 0.15) is 44.6 Å². The summed E-state index contributed by atoms with van der Waals surface area (Å²) in [6.07, 6.45) is 11.0. The lowest BCUT2D eigenvalue weighted by Crippen LogP contribution is -2.47. The molecule has 1 aromatic heterocycles. The van der Waals surface area contributed by atoms with Crippen LogP contribution in [0, 0.1) is 11.3 Å². The lowest BCUT2D eigenvalue weighted by Gasteiger charge is -2.52. The van der Waals surface area contributed by atoms with Crippen LogP contribution in [-0.2, 0) is 6.42 Å². The first kappa shape index (κ1) is 13.8. The first-order valence-corrected chi connectivity index (χ1v) is 7.91. The van der Waals surface area contributed by atoms with Crippen LogP contribution in [0.3, 0.4) is 0 Å². The van der Waals surface area contributed by atoms with E-state index in [1.165, 1.54) is 31.2 Å². The third-order valence-corrected chi connectivity index (χ3v) is 5.19.